The number of likely N-dealkylation sites (tertiary alicyclic amines) is 1. The molecule has 0 aromatic rings. The maximum absolute atomic E-state index is 9.45. The number of nitrogens with two attached hydrogens (primary N) is 1. The third kappa shape index (κ3) is 3.23. The highest BCUT2D eigenvalue weighted by atomic mass is 16.3. The van der Waals surface area contributed by atoms with Crippen molar-refractivity contribution in [1.29, 1.82) is 0 Å². The van der Waals surface area contributed by atoms with Crippen molar-refractivity contribution >= 4 is 0 Å². The van der Waals surface area contributed by atoms with E-state index in [2.05, 4.69) is 23.9 Å². The van der Waals surface area contributed by atoms with Crippen molar-refractivity contribution in [2.75, 3.05) is 33.8 Å². The lowest BCUT2D eigenvalue weighted by Gasteiger charge is -2.45. The number of aliphatic hydroxyl groups excluding tert-OH is 1. The Labute approximate surface area is 111 Å². The van der Waals surface area contributed by atoms with Crippen LogP contribution in [0.2, 0.25) is 0 Å². The summed E-state index contributed by atoms with van der Waals surface area (Å²) in [6.07, 6.45) is 6.89. The predicted molar refractivity (Wildman–Crippen MR) is 74.5 cm³/mol. The molecule has 3 unspecified atom stereocenters. The van der Waals surface area contributed by atoms with Crippen LogP contribution in [0.1, 0.15) is 38.5 Å². The summed E-state index contributed by atoms with van der Waals surface area (Å²) < 4.78 is 0. The van der Waals surface area contributed by atoms with Crippen molar-refractivity contribution < 1.29 is 5.11 Å². The van der Waals surface area contributed by atoms with E-state index in [0.717, 1.165) is 19.3 Å². The first-order chi connectivity index (χ1) is 8.54. The summed E-state index contributed by atoms with van der Waals surface area (Å²) in [5.74, 6) is 0. The molecule has 1 aliphatic carbocycles. The smallest absolute Gasteiger partial charge is 0.0611 e. The minimum absolute atomic E-state index is 0.127. The van der Waals surface area contributed by atoms with Gasteiger partial charge in [-0.3, -0.25) is 4.90 Å². The van der Waals surface area contributed by atoms with E-state index in [1.54, 1.807) is 0 Å². The van der Waals surface area contributed by atoms with Gasteiger partial charge in [0, 0.05) is 24.2 Å². The number of hydrogen-bond acceptors (Lipinski definition) is 4. The highest BCUT2D eigenvalue weighted by molar-refractivity contribution is 4.95. The lowest BCUT2D eigenvalue weighted by molar-refractivity contribution is 0.0471. The first kappa shape index (κ1) is 14.3. The molecule has 0 aromatic carbocycles. The van der Waals surface area contributed by atoms with E-state index in [0.29, 0.717) is 12.1 Å². The third-order valence-corrected chi connectivity index (χ3v) is 4.92. The SMILES string of the molecule is CN1CCCC(N(C)C2CCCC(N)(CO)C2)C1. The van der Waals surface area contributed by atoms with Gasteiger partial charge >= 0.3 is 0 Å². The van der Waals surface area contributed by atoms with Crippen molar-refractivity contribution in [3.63, 3.8) is 0 Å². The molecule has 2 aliphatic rings. The van der Waals surface area contributed by atoms with Crippen LogP contribution < -0.4 is 5.73 Å². The molecule has 1 aliphatic heterocycles. The van der Waals surface area contributed by atoms with Gasteiger partial charge in [0.25, 0.3) is 0 Å². The first-order valence-corrected chi connectivity index (χ1v) is 7.34. The zero-order chi connectivity index (χ0) is 13.2. The van der Waals surface area contributed by atoms with Crippen LogP contribution in [-0.2, 0) is 0 Å². The van der Waals surface area contributed by atoms with Gasteiger partial charge in [-0.1, -0.05) is 0 Å². The maximum Gasteiger partial charge on any atom is 0.0611 e. The summed E-state index contributed by atoms with van der Waals surface area (Å²) in [5, 5.41) is 9.45. The van der Waals surface area contributed by atoms with Gasteiger partial charge in [0.05, 0.1) is 6.61 Å². The monoisotopic (exact) mass is 255 g/mol. The Morgan fingerprint density at radius 1 is 1.33 bits per heavy atom. The van der Waals surface area contributed by atoms with Crippen molar-refractivity contribution in [2.45, 2.75) is 56.1 Å². The van der Waals surface area contributed by atoms with Crippen LogP contribution in [0.25, 0.3) is 0 Å². The Bertz CT molecular complexity index is 274. The second kappa shape index (κ2) is 5.87. The van der Waals surface area contributed by atoms with E-state index in [1.165, 1.54) is 32.4 Å². The quantitative estimate of drug-likeness (QED) is 0.777. The molecule has 4 heteroatoms. The molecule has 0 aromatic heterocycles. The molecule has 0 bridgehead atoms. The van der Waals surface area contributed by atoms with Gasteiger partial charge in [-0.25, -0.2) is 0 Å². The Balaban J connectivity index is 1.93. The third-order valence-electron chi connectivity index (χ3n) is 4.92. The molecule has 106 valence electrons. The average molecular weight is 255 g/mol. The minimum Gasteiger partial charge on any atom is -0.394 e. The highest BCUT2D eigenvalue weighted by Gasteiger charge is 2.36. The number of likely N-dealkylation sites (N-methyl/N-ethyl adjacent to an activating group) is 2. The molecule has 2 rings (SSSR count). The van der Waals surface area contributed by atoms with Crippen molar-refractivity contribution in [3.8, 4) is 0 Å². The van der Waals surface area contributed by atoms with Gasteiger partial charge in [0.1, 0.15) is 0 Å². The zero-order valence-electron chi connectivity index (χ0n) is 11.9. The number of rotatable bonds is 3. The molecule has 0 radical (unpaired) electrons. The van der Waals surface area contributed by atoms with Crippen LogP contribution in [0, 0.1) is 0 Å². The van der Waals surface area contributed by atoms with Crippen LogP contribution in [-0.4, -0.2) is 66.3 Å². The summed E-state index contributed by atoms with van der Waals surface area (Å²) in [6.45, 7) is 2.53. The molecule has 4 nitrogen and oxygen atoms in total. The Kier molecular flexibility index (Phi) is 4.64. The molecule has 18 heavy (non-hydrogen) atoms. The summed E-state index contributed by atoms with van der Waals surface area (Å²) in [4.78, 5) is 4.96. The fourth-order valence-electron chi connectivity index (χ4n) is 3.62. The lowest BCUT2D eigenvalue weighted by atomic mass is 9.79. The number of aliphatic hydroxyl groups is 1. The number of nitrogens with zero attached hydrogens (tertiary/aromatic N) is 2. The van der Waals surface area contributed by atoms with Crippen LogP contribution in [0.3, 0.4) is 0 Å². The molecule has 1 heterocycles. The second-order valence-corrected chi connectivity index (χ2v) is 6.49. The second-order valence-electron chi connectivity index (χ2n) is 6.49. The topological polar surface area (TPSA) is 52.7 Å². The maximum atomic E-state index is 9.45. The van der Waals surface area contributed by atoms with E-state index < -0.39 is 0 Å². The molecule has 0 spiro atoms. The standard InChI is InChI=1S/C14H29N3O/c1-16-8-4-6-13(10-16)17(2)12-5-3-7-14(15,9-12)11-18/h12-13,18H,3-11,15H2,1-2H3. The summed E-state index contributed by atoms with van der Waals surface area (Å²) >= 11 is 0. The lowest BCUT2D eigenvalue weighted by Crippen LogP contribution is -2.56. The summed E-state index contributed by atoms with van der Waals surface area (Å²) in [5.41, 5.74) is 5.92. The molecular weight excluding hydrogens is 226 g/mol. The molecule has 3 N–H and O–H groups in total. The van der Waals surface area contributed by atoms with Gasteiger partial charge in [-0.2, -0.15) is 0 Å². The van der Waals surface area contributed by atoms with Crippen LogP contribution >= 0.6 is 0 Å². The molecular formula is C14H29N3O. The van der Waals surface area contributed by atoms with Gasteiger partial charge in [0.2, 0.25) is 0 Å². The molecule has 0 amide bonds. The minimum atomic E-state index is -0.336. The molecule has 3 atom stereocenters. The highest BCUT2D eigenvalue weighted by Crippen LogP contribution is 2.30. The number of hydrogen-bond donors (Lipinski definition) is 2. The van der Waals surface area contributed by atoms with E-state index in [4.69, 9.17) is 5.73 Å². The first-order valence-electron chi connectivity index (χ1n) is 7.34. The molecule has 1 saturated heterocycles. The average Bonchev–Trinajstić information content (AvgIpc) is 2.38. The van der Waals surface area contributed by atoms with E-state index in [9.17, 15) is 5.11 Å². The van der Waals surface area contributed by atoms with E-state index >= 15 is 0 Å². The van der Waals surface area contributed by atoms with Gasteiger partial charge in [-0.15, -0.1) is 0 Å². The summed E-state index contributed by atoms with van der Waals surface area (Å²) in [7, 11) is 4.46. The largest absolute Gasteiger partial charge is 0.394 e. The Hall–Kier alpha value is -0.160. The van der Waals surface area contributed by atoms with Crippen molar-refractivity contribution in [2.24, 2.45) is 5.73 Å². The molecule has 1 saturated carbocycles. The normalized spacial score (nSPS) is 39.2. The Morgan fingerprint density at radius 2 is 2.06 bits per heavy atom. The zero-order valence-corrected chi connectivity index (χ0v) is 11.9. The molecule has 2 fully saturated rings. The van der Waals surface area contributed by atoms with Crippen LogP contribution in [0.5, 0.6) is 0 Å². The van der Waals surface area contributed by atoms with Crippen molar-refractivity contribution in [1.82, 2.24) is 9.80 Å². The summed E-state index contributed by atoms with van der Waals surface area (Å²) in [6, 6.07) is 1.21. The number of piperidine rings is 1. The fraction of sp³-hybridized carbons (Fsp3) is 1.00. The van der Waals surface area contributed by atoms with Gasteiger partial charge < -0.3 is 15.7 Å². The fourth-order valence-corrected chi connectivity index (χ4v) is 3.62. The van der Waals surface area contributed by atoms with Crippen LogP contribution in [0.15, 0.2) is 0 Å². The van der Waals surface area contributed by atoms with Crippen molar-refractivity contribution in [3.05, 3.63) is 0 Å². The van der Waals surface area contributed by atoms with Crippen LogP contribution in [0.4, 0.5) is 0 Å². The van der Waals surface area contributed by atoms with Gasteiger partial charge in [0.15, 0.2) is 0 Å². The van der Waals surface area contributed by atoms with E-state index in [1.807, 2.05) is 0 Å². The Morgan fingerprint density at radius 3 is 2.72 bits per heavy atom. The van der Waals surface area contributed by atoms with Gasteiger partial charge in [-0.05, 0) is 59.2 Å². The predicted octanol–water partition coefficient (Wildman–Crippen LogP) is 0.645. The van der Waals surface area contributed by atoms with E-state index in [-0.39, 0.29) is 12.1 Å².